The fourth-order valence-corrected chi connectivity index (χ4v) is 1.55. The van der Waals surface area contributed by atoms with Crippen LogP contribution in [0, 0.1) is 5.41 Å². The molecule has 0 radical (unpaired) electrons. The highest BCUT2D eigenvalue weighted by Crippen LogP contribution is 2.18. The predicted molar refractivity (Wildman–Crippen MR) is 72.3 cm³/mol. The molecule has 0 atom stereocenters. The van der Waals surface area contributed by atoms with E-state index in [-0.39, 0.29) is 11.3 Å². The van der Waals surface area contributed by atoms with Gasteiger partial charge in [-0.15, -0.1) is 0 Å². The lowest BCUT2D eigenvalue weighted by molar-refractivity contribution is -0.123. The molecule has 0 fully saturated rings. The minimum Gasteiger partial charge on any atom is -0.497 e. The average molecular weight is 250 g/mol. The van der Waals surface area contributed by atoms with Crippen molar-refractivity contribution in [3.63, 3.8) is 0 Å². The van der Waals surface area contributed by atoms with E-state index < -0.39 is 0 Å². The van der Waals surface area contributed by atoms with Crippen molar-refractivity contribution in [2.24, 2.45) is 11.1 Å². The van der Waals surface area contributed by atoms with Gasteiger partial charge in [0.05, 0.1) is 7.11 Å². The van der Waals surface area contributed by atoms with E-state index in [4.69, 9.17) is 10.5 Å². The minimum absolute atomic E-state index is 0.0215. The van der Waals surface area contributed by atoms with Gasteiger partial charge in [0.1, 0.15) is 5.75 Å². The molecule has 4 nitrogen and oxygen atoms in total. The lowest BCUT2D eigenvalue weighted by Crippen LogP contribution is -2.32. The molecule has 18 heavy (non-hydrogen) atoms. The van der Waals surface area contributed by atoms with Crippen LogP contribution in [0.3, 0.4) is 0 Å². The average Bonchev–Trinajstić information content (AvgIpc) is 2.36. The normalized spacial score (nSPS) is 11.1. The van der Waals surface area contributed by atoms with Gasteiger partial charge in [-0.25, -0.2) is 0 Å². The molecule has 1 aromatic carbocycles. The van der Waals surface area contributed by atoms with E-state index in [1.165, 1.54) is 0 Å². The van der Waals surface area contributed by atoms with Gasteiger partial charge in [-0.05, 0) is 29.7 Å². The Labute approximate surface area is 109 Å². The van der Waals surface area contributed by atoms with Crippen molar-refractivity contribution in [2.75, 3.05) is 13.7 Å². The molecular weight excluding hydrogens is 228 g/mol. The molecular formula is C14H22N2O2. The third-order valence-corrected chi connectivity index (χ3v) is 2.82. The van der Waals surface area contributed by atoms with Crippen LogP contribution in [0.1, 0.15) is 25.8 Å². The van der Waals surface area contributed by atoms with Gasteiger partial charge in [-0.2, -0.15) is 0 Å². The van der Waals surface area contributed by atoms with Crippen molar-refractivity contribution in [3.8, 4) is 5.75 Å². The van der Waals surface area contributed by atoms with Crippen molar-refractivity contribution >= 4 is 5.91 Å². The number of hydrogen-bond acceptors (Lipinski definition) is 3. The van der Waals surface area contributed by atoms with Gasteiger partial charge in [0, 0.05) is 13.0 Å². The van der Waals surface area contributed by atoms with Gasteiger partial charge < -0.3 is 15.8 Å². The molecule has 1 aromatic rings. The highest BCUT2D eigenvalue weighted by Gasteiger charge is 2.19. The number of hydrogen-bond donors (Lipinski definition) is 2. The second kappa shape index (κ2) is 6.40. The van der Waals surface area contributed by atoms with Gasteiger partial charge >= 0.3 is 0 Å². The SMILES string of the molecule is COc1cccc(CNC(=O)CC(C)(C)CN)c1. The van der Waals surface area contributed by atoms with Crippen molar-refractivity contribution in [3.05, 3.63) is 29.8 Å². The molecule has 100 valence electrons. The number of amides is 1. The number of carbonyl (C=O) groups is 1. The Hall–Kier alpha value is -1.55. The molecule has 0 aliphatic carbocycles. The molecule has 0 heterocycles. The van der Waals surface area contributed by atoms with Gasteiger partial charge in [-0.1, -0.05) is 26.0 Å². The number of methoxy groups -OCH3 is 1. The molecule has 0 unspecified atom stereocenters. The summed E-state index contributed by atoms with van der Waals surface area (Å²) in [4.78, 5) is 11.7. The molecule has 0 saturated heterocycles. The first-order valence-corrected chi connectivity index (χ1v) is 6.06. The zero-order chi connectivity index (χ0) is 13.6. The van der Waals surface area contributed by atoms with E-state index in [1.807, 2.05) is 38.1 Å². The van der Waals surface area contributed by atoms with Crippen LogP contribution >= 0.6 is 0 Å². The quantitative estimate of drug-likeness (QED) is 0.807. The number of benzene rings is 1. The lowest BCUT2D eigenvalue weighted by Gasteiger charge is -2.21. The van der Waals surface area contributed by atoms with Crippen LogP contribution in [0.2, 0.25) is 0 Å². The molecule has 0 saturated carbocycles. The molecule has 1 amide bonds. The highest BCUT2D eigenvalue weighted by molar-refractivity contribution is 5.76. The summed E-state index contributed by atoms with van der Waals surface area (Å²) in [6.07, 6.45) is 0.438. The van der Waals surface area contributed by atoms with Gasteiger partial charge in [0.15, 0.2) is 0 Å². The fourth-order valence-electron chi connectivity index (χ4n) is 1.55. The number of nitrogens with one attached hydrogen (secondary N) is 1. The summed E-state index contributed by atoms with van der Waals surface area (Å²) in [6.45, 7) is 4.98. The Kier molecular flexibility index (Phi) is 5.16. The van der Waals surface area contributed by atoms with Gasteiger partial charge in [0.25, 0.3) is 0 Å². The van der Waals surface area contributed by atoms with E-state index in [2.05, 4.69) is 5.32 Å². The maximum Gasteiger partial charge on any atom is 0.220 e. The summed E-state index contributed by atoms with van der Waals surface area (Å²) < 4.78 is 5.13. The molecule has 3 N–H and O–H groups in total. The molecule has 0 spiro atoms. The number of carbonyl (C=O) groups excluding carboxylic acids is 1. The lowest BCUT2D eigenvalue weighted by atomic mass is 9.89. The van der Waals surface area contributed by atoms with E-state index >= 15 is 0 Å². The molecule has 0 bridgehead atoms. The van der Waals surface area contributed by atoms with Gasteiger partial charge in [-0.3, -0.25) is 4.79 Å². The standard InChI is InChI=1S/C14H22N2O2/c1-14(2,10-15)8-13(17)16-9-11-5-4-6-12(7-11)18-3/h4-7H,8-10,15H2,1-3H3,(H,16,17). The number of ether oxygens (including phenoxy) is 1. The molecule has 4 heteroatoms. The van der Waals surface area contributed by atoms with Crippen LogP contribution in [0.25, 0.3) is 0 Å². The zero-order valence-electron chi connectivity index (χ0n) is 11.3. The smallest absolute Gasteiger partial charge is 0.220 e. The van der Waals surface area contributed by atoms with E-state index in [9.17, 15) is 4.79 Å². The summed E-state index contributed by atoms with van der Waals surface area (Å²) in [5.74, 6) is 0.817. The Morgan fingerprint density at radius 3 is 2.78 bits per heavy atom. The second-order valence-corrected chi connectivity index (χ2v) is 5.17. The number of rotatable bonds is 6. The molecule has 0 aliphatic rings. The summed E-state index contributed by atoms with van der Waals surface area (Å²) >= 11 is 0. The zero-order valence-corrected chi connectivity index (χ0v) is 11.3. The van der Waals surface area contributed by atoms with Crippen LogP contribution in [0.5, 0.6) is 5.75 Å². The van der Waals surface area contributed by atoms with Crippen LogP contribution in [0.15, 0.2) is 24.3 Å². The highest BCUT2D eigenvalue weighted by atomic mass is 16.5. The maximum atomic E-state index is 11.7. The first-order chi connectivity index (χ1) is 8.46. The van der Waals surface area contributed by atoms with Crippen LogP contribution in [-0.2, 0) is 11.3 Å². The largest absolute Gasteiger partial charge is 0.497 e. The van der Waals surface area contributed by atoms with Crippen LogP contribution in [-0.4, -0.2) is 19.6 Å². The van der Waals surface area contributed by atoms with E-state index in [0.29, 0.717) is 19.5 Å². The Morgan fingerprint density at radius 1 is 1.44 bits per heavy atom. The summed E-state index contributed by atoms with van der Waals surface area (Å²) in [5, 5.41) is 2.89. The molecule has 0 aliphatic heterocycles. The van der Waals surface area contributed by atoms with Crippen molar-refractivity contribution < 1.29 is 9.53 Å². The monoisotopic (exact) mass is 250 g/mol. The predicted octanol–water partition coefficient (Wildman–Crippen LogP) is 1.69. The van der Waals surface area contributed by atoms with Crippen molar-refractivity contribution in [2.45, 2.75) is 26.8 Å². The summed E-state index contributed by atoms with van der Waals surface area (Å²) in [6, 6.07) is 7.65. The van der Waals surface area contributed by atoms with E-state index in [0.717, 1.165) is 11.3 Å². The molecule has 0 aromatic heterocycles. The number of nitrogens with two attached hydrogens (primary N) is 1. The third kappa shape index (κ3) is 4.75. The maximum absolute atomic E-state index is 11.7. The summed E-state index contributed by atoms with van der Waals surface area (Å²) in [5.41, 5.74) is 6.47. The van der Waals surface area contributed by atoms with Crippen LogP contribution < -0.4 is 15.8 Å². The fraction of sp³-hybridized carbons (Fsp3) is 0.500. The van der Waals surface area contributed by atoms with Crippen molar-refractivity contribution in [1.29, 1.82) is 0 Å². The molecule has 1 rings (SSSR count). The minimum atomic E-state index is -0.154. The van der Waals surface area contributed by atoms with Crippen molar-refractivity contribution in [1.82, 2.24) is 5.32 Å². The summed E-state index contributed by atoms with van der Waals surface area (Å²) in [7, 11) is 1.63. The van der Waals surface area contributed by atoms with E-state index in [1.54, 1.807) is 7.11 Å². The Balaban J connectivity index is 2.47. The first-order valence-electron chi connectivity index (χ1n) is 6.06. The van der Waals surface area contributed by atoms with Gasteiger partial charge in [0.2, 0.25) is 5.91 Å². The third-order valence-electron chi connectivity index (χ3n) is 2.82. The first kappa shape index (κ1) is 14.5. The second-order valence-electron chi connectivity index (χ2n) is 5.17. The van der Waals surface area contributed by atoms with Crippen LogP contribution in [0.4, 0.5) is 0 Å². The Morgan fingerprint density at radius 2 is 2.17 bits per heavy atom. The Bertz CT molecular complexity index is 403. The topological polar surface area (TPSA) is 64.3 Å².